The molecular weight excluding hydrogens is 258 g/mol. The van der Waals surface area contributed by atoms with Gasteiger partial charge < -0.3 is 15.8 Å². The van der Waals surface area contributed by atoms with Gasteiger partial charge in [0.2, 0.25) is 12.3 Å². The van der Waals surface area contributed by atoms with Crippen molar-refractivity contribution in [3.8, 4) is 5.75 Å². The van der Waals surface area contributed by atoms with Crippen LogP contribution in [0.1, 0.15) is 15.9 Å². The molecule has 6 nitrogen and oxygen atoms in total. The third-order valence-corrected chi connectivity index (χ3v) is 2.56. The van der Waals surface area contributed by atoms with Crippen molar-refractivity contribution in [3.63, 3.8) is 0 Å². The number of nitrogens with two attached hydrogens (primary N) is 1. The summed E-state index contributed by atoms with van der Waals surface area (Å²) in [6, 6.07) is 8.76. The Balaban J connectivity index is 2.04. The number of pyridine rings is 1. The molecule has 0 bridgehead atoms. The van der Waals surface area contributed by atoms with Crippen molar-refractivity contribution < 1.29 is 14.3 Å². The quantitative estimate of drug-likeness (QED) is 0.775. The van der Waals surface area contributed by atoms with E-state index in [1.165, 1.54) is 18.5 Å². The van der Waals surface area contributed by atoms with Crippen LogP contribution in [0.25, 0.3) is 0 Å². The predicted molar refractivity (Wildman–Crippen MR) is 73.2 cm³/mol. The Morgan fingerprint density at radius 3 is 2.95 bits per heavy atom. The lowest BCUT2D eigenvalue weighted by Gasteiger charge is -2.08. The zero-order valence-electron chi connectivity index (χ0n) is 10.6. The summed E-state index contributed by atoms with van der Waals surface area (Å²) in [6.07, 6.45) is 3.49. The summed E-state index contributed by atoms with van der Waals surface area (Å²) in [6.45, 7) is 0.290. The molecule has 0 aliphatic carbocycles. The molecule has 0 unspecified atom stereocenters. The summed E-state index contributed by atoms with van der Waals surface area (Å²) >= 11 is 0. The molecule has 0 fully saturated rings. The number of benzene rings is 1. The molecule has 0 aliphatic rings. The Labute approximate surface area is 115 Å². The van der Waals surface area contributed by atoms with Crippen LogP contribution in [0.2, 0.25) is 0 Å². The average molecular weight is 271 g/mol. The van der Waals surface area contributed by atoms with Gasteiger partial charge in [-0.15, -0.1) is 0 Å². The Kier molecular flexibility index (Phi) is 4.28. The first-order valence-corrected chi connectivity index (χ1v) is 5.86. The molecule has 0 saturated heterocycles. The van der Waals surface area contributed by atoms with Crippen LogP contribution >= 0.6 is 0 Å². The van der Waals surface area contributed by atoms with E-state index in [2.05, 4.69) is 10.3 Å². The van der Waals surface area contributed by atoms with E-state index in [0.717, 1.165) is 5.56 Å². The highest BCUT2D eigenvalue weighted by Crippen LogP contribution is 2.15. The van der Waals surface area contributed by atoms with Crippen molar-refractivity contribution in [1.29, 1.82) is 0 Å². The minimum atomic E-state index is -0.555. The first kappa shape index (κ1) is 13.5. The molecule has 1 heterocycles. The smallest absolute Gasteiger partial charge is 0.250 e. The molecule has 0 atom stereocenters. The zero-order chi connectivity index (χ0) is 14.4. The molecule has 0 spiro atoms. The number of carbonyl (C=O) groups excluding carboxylic acids is 2. The van der Waals surface area contributed by atoms with Gasteiger partial charge in [0.1, 0.15) is 12.4 Å². The number of aromatic nitrogens is 1. The van der Waals surface area contributed by atoms with Gasteiger partial charge >= 0.3 is 0 Å². The van der Waals surface area contributed by atoms with Crippen LogP contribution < -0.4 is 15.8 Å². The van der Waals surface area contributed by atoms with Gasteiger partial charge in [-0.25, -0.2) is 0 Å². The van der Waals surface area contributed by atoms with Crippen molar-refractivity contribution in [2.45, 2.75) is 6.61 Å². The minimum absolute atomic E-state index is 0.290. The van der Waals surface area contributed by atoms with E-state index in [1.54, 1.807) is 12.1 Å². The molecule has 2 rings (SSSR count). The summed E-state index contributed by atoms with van der Waals surface area (Å²) in [5.41, 5.74) is 7.02. The number of amides is 2. The number of primary amides is 1. The van der Waals surface area contributed by atoms with Crippen LogP contribution in [-0.2, 0) is 11.4 Å². The highest BCUT2D eigenvalue weighted by atomic mass is 16.5. The molecule has 3 N–H and O–H groups in total. The van der Waals surface area contributed by atoms with E-state index in [-0.39, 0.29) is 6.61 Å². The number of hydrogen-bond acceptors (Lipinski definition) is 4. The maximum absolute atomic E-state index is 11.0. The van der Waals surface area contributed by atoms with Crippen molar-refractivity contribution in [2.75, 3.05) is 5.32 Å². The van der Waals surface area contributed by atoms with Crippen molar-refractivity contribution >= 4 is 18.0 Å². The molecule has 2 aromatic rings. The fourth-order valence-electron chi connectivity index (χ4n) is 1.62. The molecule has 1 aromatic heterocycles. The highest BCUT2D eigenvalue weighted by molar-refractivity contribution is 5.92. The number of nitrogens with zero attached hydrogens (tertiary/aromatic N) is 1. The third-order valence-electron chi connectivity index (χ3n) is 2.56. The van der Waals surface area contributed by atoms with Crippen LogP contribution in [0.4, 0.5) is 5.69 Å². The van der Waals surface area contributed by atoms with Crippen LogP contribution in [0.5, 0.6) is 5.75 Å². The SMILES string of the molecule is NC(=O)c1cncc(OCc2cccc(NC=O)c2)c1. The van der Waals surface area contributed by atoms with Gasteiger partial charge in [0.25, 0.3) is 0 Å². The number of nitrogens with one attached hydrogen (secondary N) is 1. The standard InChI is InChI=1S/C14H13N3O3/c15-14(19)11-5-13(7-16-6-11)20-8-10-2-1-3-12(4-10)17-9-18/h1-7,9H,8H2,(H2,15,19)(H,17,18). The molecule has 0 radical (unpaired) electrons. The van der Waals surface area contributed by atoms with Gasteiger partial charge in [0.05, 0.1) is 11.8 Å². The van der Waals surface area contributed by atoms with Gasteiger partial charge in [-0.1, -0.05) is 12.1 Å². The van der Waals surface area contributed by atoms with Crippen LogP contribution in [-0.4, -0.2) is 17.3 Å². The number of rotatable bonds is 6. The summed E-state index contributed by atoms with van der Waals surface area (Å²) in [7, 11) is 0. The highest BCUT2D eigenvalue weighted by Gasteiger charge is 2.03. The minimum Gasteiger partial charge on any atom is -0.487 e. The van der Waals surface area contributed by atoms with E-state index < -0.39 is 5.91 Å². The molecule has 6 heteroatoms. The van der Waals surface area contributed by atoms with Crippen molar-refractivity contribution in [2.24, 2.45) is 5.73 Å². The second-order valence-corrected chi connectivity index (χ2v) is 4.02. The van der Waals surface area contributed by atoms with E-state index in [9.17, 15) is 9.59 Å². The van der Waals surface area contributed by atoms with Crippen LogP contribution in [0.3, 0.4) is 0 Å². The molecule has 102 valence electrons. The monoisotopic (exact) mass is 271 g/mol. The lowest BCUT2D eigenvalue weighted by Crippen LogP contribution is -2.11. The maximum atomic E-state index is 11.0. The van der Waals surface area contributed by atoms with Gasteiger partial charge in [0.15, 0.2) is 0 Å². The first-order valence-electron chi connectivity index (χ1n) is 5.86. The summed E-state index contributed by atoms with van der Waals surface area (Å²) in [4.78, 5) is 25.3. The molecule has 2 amide bonds. The van der Waals surface area contributed by atoms with Gasteiger partial charge in [-0.2, -0.15) is 0 Å². The fourth-order valence-corrected chi connectivity index (χ4v) is 1.62. The molecule has 20 heavy (non-hydrogen) atoms. The Bertz CT molecular complexity index is 629. The molecule has 1 aromatic carbocycles. The summed E-state index contributed by atoms with van der Waals surface area (Å²) in [5, 5.41) is 2.56. The third kappa shape index (κ3) is 3.55. The zero-order valence-corrected chi connectivity index (χ0v) is 10.6. The lowest BCUT2D eigenvalue weighted by atomic mass is 10.2. The Morgan fingerprint density at radius 1 is 1.35 bits per heavy atom. The number of carbonyl (C=O) groups is 2. The summed E-state index contributed by atoms with van der Waals surface area (Å²) < 4.78 is 5.53. The fraction of sp³-hybridized carbons (Fsp3) is 0.0714. The normalized spacial score (nSPS) is 9.80. The van der Waals surface area contributed by atoms with E-state index in [0.29, 0.717) is 23.4 Å². The van der Waals surface area contributed by atoms with Crippen molar-refractivity contribution in [1.82, 2.24) is 4.98 Å². The van der Waals surface area contributed by atoms with Gasteiger partial charge in [0, 0.05) is 11.9 Å². The second kappa shape index (κ2) is 6.33. The average Bonchev–Trinajstić information content (AvgIpc) is 2.46. The first-order chi connectivity index (χ1) is 9.69. The Hall–Kier alpha value is -2.89. The van der Waals surface area contributed by atoms with Crippen LogP contribution in [0.15, 0.2) is 42.7 Å². The Morgan fingerprint density at radius 2 is 2.20 bits per heavy atom. The number of ether oxygens (including phenoxy) is 1. The predicted octanol–water partition coefficient (Wildman–Crippen LogP) is 1.33. The van der Waals surface area contributed by atoms with E-state index in [1.807, 2.05) is 12.1 Å². The van der Waals surface area contributed by atoms with E-state index >= 15 is 0 Å². The number of anilines is 1. The van der Waals surface area contributed by atoms with Crippen LogP contribution in [0, 0.1) is 0 Å². The molecule has 0 saturated carbocycles. The molecule has 0 aliphatic heterocycles. The van der Waals surface area contributed by atoms with Gasteiger partial charge in [-0.3, -0.25) is 14.6 Å². The summed E-state index contributed by atoms with van der Waals surface area (Å²) in [5.74, 6) is -0.102. The maximum Gasteiger partial charge on any atom is 0.250 e. The largest absolute Gasteiger partial charge is 0.487 e. The number of hydrogen-bond donors (Lipinski definition) is 2. The topological polar surface area (TPSA) is 94.3 Å². The second-order valence-electron chi connectivity index (χ2n) is 4.02. The van der Waals surface area contributed by atoms with Crippen molar-refractivity contribution in [3.05, 3.63) is 53.9 Å². The molecular formula is C14H13N3O3. The lowest BCUT2D eigenvalue weighted by molar-refractivity contribution is -0.105. The van der Waals surface area contributed by atoms with Gasteiger partial charge in [-0.05, 0) is 23.8 Å². The van der Waals surface area contributed by atoms with E-state index in [4.69, 9.17) is 10.5 Å².